The summed E-state index contributed by atoms with van der Waals surface area (Å²) in [6, 6.07) is 13.1. The molecule has 1 fully saturated rings. The highest BCUT2D eigenvalue weighted by atomic mass is 15.2. The Bertz CT molecular complexity index is 500. The molecule has 4 nitrogen and oxygen atoms in total. The van der Waals surface area contributed by atoms with Crippen LogP contribution in [0.15, 0.2) is 48.9 Å². The summed E-state index contributed by atoms with van der Waals surface area (Å²) in [5.41, 5.74) is 2.45. The molecule has 0 bridgehead atoms. The van der Waals surface area contributed by atoms with E-state index in [1.165, 1.54) is 5.56 Å². The van der Waals surface area contributed by atoms with Gasteiger partial charge in [-0.2, -0.15) is 0 Å². The third-order valence-electron chi connectivity index (χ3n) is 3.55. The molecule has 1 N–H and O–H groups in total. The molecule has 0 radical (unpaired) electrons. The van der Waals surface area contributed by atoms with Crippen molar-refractivity contribution in [3.8, 4) is 0 Å². The summed E-state index contributed by atoms with van der Waals surface area (Å²) < 4.78 is 0. The monoisotopic (exact) mass is 254 g/mol. The number of rotatable bonds is 3. The molecule has 2 aromatic rings. The highest BCUT2D eigenvalue weighted by Gasteiger charge is 2.23. The van der Waals surface area contributed by atoms with E-state index in [0.717, 1.165) is 31.9 Å². The molecule has 1 aliphatic heterocycles. The van der Waals surface area contributed by atoms with Crippen LogP contribution in [0.5, 0.6) is 0 Å². The highest BCUT2D eigenvalue weighted by Crippen LogP contribution is 2.23. The fourth-order valence-corrected chi connectivity index (χ4v) is 2.56. The number of piperazine rings is 1. The van der Waals surface area contributed by atoms with E-state index in [-0.39, 0.29) is 0 Å². The lowest BCUT2D eigenvalue weighted by Gasteiger charge is -2.36. The van der Waals surface area contributed by atoms with Gasteiger partial charge in [-0.15, -0.1) is 0 Å². The van der Waals surface area contributed by atoms with Crippen molar-refractivity contribution in [3.05, 3.63) is 60.2 Å². The smallest absolute Gasteiger partial charge is 0.115 e. The second-order valence-electron chi connectivity index (χ2n) is 4.80. The average molecular weight is 254 g/mol. The maximum atomic E-state index is 4.33. The SMILES string of the molecule is c1ccc(C2CNCCN2Cc2ccncn2)cc1. The Hall–Kier alpha value is -1.78. The summed E-state index contributed by atoms with van der Waals surface area (Å²) in [5, 5.41) is 3.47. The van der Waals surface area contributed by atoms with Crippen molar-refractivity contribution in [1.29, 1.82) is 0 Å². The number of aromatic nitrogens is 2. The molecule has 19 heavy (non-hydrogen) atoms. The average Bonchev–Trinajstić information content (AvgIpc) is 2.50. The number of hydrogen-bond acceptors (Lipinski definition) is 4. The first-order chi connectivity index (χ1) is 9.43. The van der Waals surface area contributed by atoms with Crippen LogP contribution in [0, 0.1) is 0 Å². The van der Waals surface area contributed by atoms with Gasteiger partial charge in [-0.25, -0.2) is 9.97 Å². The largest absolute Gasteiger partial charge is 0.314 e. The van der Waals surface area contributed by atoms with Crippen LogP contribution in [-0.2, 0) is 6.54 Å². The molecule has 1 aromatic heterocycles. The van der Waals surface area contributed by atoms with Crippen LogP contribution in [-0.4, -0.2) is 34.5 Å². The topological polar surface area (TPSA) is 41.0 Å². The molecule has 4 heteroatoms. The normalized spacial score (nSPS) is 20.3. The first kappa shape index (κ1) is 12.3. The predicted molar refractivity (Wildman–Crippen MR) is 74.5 cm³/mol. The lowest BCUT2D eigenvalue weighted by molar-refractivity contribution is 0.152. The minimum absolute atomic E-state index is 0.421. The predicted octanol–water partition coefficient (Wildman–Crippen LogP) is 1.62. The van der Waals surface area contributed by atoms with E-state index < -0.39 is 0 Å². The second kappa shape index (κ2) is 5.91. The van der Waals surface area contributed by atoms with Crippen molar-refractivity contribution in [2.45, 2.75) is 12.6 Å². The molecule has 98 valence electrons. The van der Waals surface area contributed by atoms with Gasteiger partial charge in [0.2, 0.25) is 0 Å². The number of benzene rings is 1. The third kappa shape index (κ3) is 2.97. The Labute approximate surface area is 113 Å². The van der Waals surface area contributed by atoms with Gasteiger partial charge in [-0.3, -0.25) is 4.90 Å². The molecule has 0 aliphatic carbocycles. The van der Waals surface area contributed by atoms with E-state index in [4.69, 9.17) is 0 Å². The minimum atomic E-state index is 0.421. The van der Waals surface area contributed by atoms with Crippen LogP contribution in [0.25, 0.3) is 0 Å². The van der Waals surface area contributed by atoms with Crippen molar-refractivity contribution >= 4 is 0 Å². The zero-order valence-corrected chi connectivity index (χ0v) is 10.9. The quantitative estimate of drug-likeness (QED) is 0.903. The molecule has 1 atom stereocenters. The van der Waals surface area contributed by atoms with E-state index in [2.05, 4.69) is 50.5 Å². The van der Waals surface area contributed by atoms with Crippen LogP contribution in [0.2, 0.25) is 0 Å². The molecule has 2 heterocycles. The number of nitrogens with one attached hydrogen (secondary N) is 1. The fraction of sp³-hybridized carbons (Fsp3) is 0.333. The first-order valence-electron chi connectivity index (χ1n) is 6.68. The molecule has 0 spiro atoms. The first-order valence-corrected chi connectivity index (χ1v) is 6.68. The van der Waals surface area contributed by atoms with Crippen molar-refractivity contribution in [1.82, 2.24) is 20.2 Å². The van der Waals surface area contributed by atoms with Crippen LogP contribution in [0.4, 0.5) is 0 Å². The Balaban J connectivity index is 1.78. The summed E-state index contributed by atoms with van der Waals surface area (Å²) in [6.45, 7) is 3.96. The summed E-state index contributed by atoms with van der Waals surface area (Å²) in [4.78, 5) is 10.8. The van der Waals surface area contributed by atoms with Gasteiger partial charge in [0.15, 0.2) is 0 Å². The van der Waals surface area contributed by atoms with E-state index in [9.17, 15) is 0 Å². The molecule has 0 amide bonds. The van der Waals surface area contributed by atoms with Gasteiger partial charge < -0.3 is 5.32 Å². The molecule has 1 aromatic carbocycles. The number of nitrogens with zero attached hydrogens (tertiary/aromatic N) is 3. The van der Waals surface area contributed by atoms with Crippen molar-refractivity contribution in [2.75, 3.05) is 19.6 Å². The van der Waals surface area contributed by atoms with E-state index in [1.807, 2.05) is 12.3 Å². The van der Waals surface area contributed by atoms with Crippen LogP contribution >= 0.6 is 0 Å². The van der Waals surface area contributed by atoms with E-state index in [0.29, 0.717) is 6.04 Å². The van der Waals surface area contributed by atoms with Crippen molar-refractivity contribution < 1.29 is 0 Å². The summed E-state index contributed by atoms with van der Waals surface area (Å²) in [5.74, 6) is 0. The van der Waals surface area contributed by atoms with Crippen LogP contribution < -0.4 is 5.32 Å². The molecule has 3 rings (SSSR count). The fourth-order valence-electron chi connectivity index (χ4n) is 2.56. The molecule has 1 unspecified atom stereocenters. The molecular formula is C15H18N4. The van der Waals surface area contributed by atoms with Gasteiger partial charge in [0.1, 0.15) is 6.33 Å². The maximum Gasteiger partial charge on any atom is 0.115 e. The minimum Gasteiger partial charge on any atom is -0.314 e. The second-order valence-corrected chi connectivity index (χ2v) is 4.80. The highest BCUT2D eigenvalue weighted by molar-refractivity contribution is 5.20. The lowest BCUT2D eigenvalue weighted by Crippen LogP contribution is -2.45. The Morgan fingerprint density at radius 3 is 2.89 bits per heavy atom. The summed E-state index contributed by atoms with van der Waals surface area (Å²) in [7, 11) is 0. The Kier molecular flexibility index (Phi) is 3.81. The third-order valence-corrected chi connectivity index (χ3v) is 3.55. The van der Waals surface area contributed by atoms with Gasteiger partial charge in [0.05, 0.1) is 5.69 Å². The summed E-state index contributed by atoms with van der Waals surface area (Å²) >= 11 is 0. The van der Waals surface area contributed by atoms with Gasteiger partial charge >= 0.3 is 0 Å². The van der Waals surface area contributed by atoms with Crippen molar-refractivity contribution in [3.63, 3.8) is 0 Å². The molecule has 1 saturated heterocycles. The zero-order chi connectivity index (χ0) is 12.9. The standard InChI is InChI=1S/C15H18N4/c1-2-4-13(5-3-1)15-10-16-8-9-19(15)11-14-6-7-17-12-18-14/h1-7,12,15-16H,8-11H2. The molecule has 0 saturated carbocycles. The maximum absolute atomic E-state index is 4.33. The van der Waals surface area contributed by atoms with Crippen LogP contribution in [0.1, 0.15) is 17.3 Å². The number of hydrogen-bond donors (Lipinski definition) is 1. The Morgan fingerprint density at radius 2 is 2.11 bits per heavy atom. The van der Waals surface area contributed by atoms with Gasteiger partial charge in [-0.1, -0.05) is 30.3 Å². The Morgan fingerprint density at radius 1 is 1.21 bits per heavy atom. The van der Waals surface area contributed by atoms with Gasteiger partial charge in [0.25, 0.3) is 0 Å². The van der Waals surface area contributed by atoms with Crippen molar-refractivity contribution in [2.24, 2.45) is 0 Å². The molecular weight excluding hydrogens is 236 g/mol. The molecule has 1 aliphatic rings. The van der Waals surface area contributed by atoms with Crippen LogP contribution in [0.3, 0.4) is 0 Å². The van der Waals surface area contributed by atoms with E-state index >= 15 is 0 Å². The van der Waals surface area contributed by atoms with Gasteiger partial charge in [-0.05, 0) is 11.6 Å². The van der Waals surface area contributed by atoms with E-state index in [1.54, 1.807) is 6.33 Å². The lowest BCUT2D eigenvalue weighted by atomic mass is 10.0. The zero-order valence-electron chi connectivity index (χ0n) is 10.9. The summed E-state index contributed by atoms with van der Waals surface area (Å²) in [6.07, 6.45) is 3.43. The van der Waals surface area contributed by atoms with Gasteiger partial charge in [0, 0.05) is 38.4 Å².